The third kappa shape index (κ3) is 4.90. The predicted molar refractivity (Wildman–Crippen MR) is 89.5 cm³/mol. The van der Waals surface area contributed by atoms with Crippen LogP contribution in [-0.4, -0.2) is 30.0 Å². The summed E-state index contributed by atoms with van der Waals surface area (Å²) < 4.78 is 18.2. The Morgan fingerprint density at radius 3 is 2.40 bits per heavy atom. The molecule has 0 unspecified atom stereocenters. The molecule has 0 spiro atoms. The number of halogens is 1. The van der Waals surface area contributed by atoms with Gasteiger partial charge in [0, 0.05) is 0 Å². The third-order valence-electron chi connectivity index (χ3n) is 3.79. The van der Waals surface area contributed by atoms with Crippen molar-refractivity contribution in [2.24, 2.45) is 0 Å². The molecule has 25 heavy (non-hydrogen) atoms. The fourth-order valence-corrected chi connectivity index (χ4v) is 2.36. The lowest BCUT2D eigenvalue weighted by Gasteiger charge is -2.24. The fraction of sp³-hybridized carbons (Fsp3) is 0.333. The number of hydrogen-bond donors (Lipinski definition) is 3. The van der Waals surface area contributed by atoms with Crippen molar-refractivity contribution in [2.45, 2.75) is 26.4 Å². The Bertz CT molecular complexity index is 766. The lowest BCUT2D eigenvalue weighted by Crippen LogP contribution is -2.43. The Morgan fingerprint density at radius 1 is 1.20 bits per heavy atom. The maximum absolute atomic E-state index is 12.9. The molecule has 0 aliphatic carbocycles. The van der Waals surface area contributed by atoms with Crippen molar-refractivity contribution in [3.8, 4) is 0 Å². The van der Waals surface area contributed by atoms with Crippen molar-refractivity contribution in [3.63, 3.8) is 0 Å². The molecule has 1 aromatic heterocycles. The molecule has 134 valence electrons. The van der Waals surface area contributed by atoms with Gasteiger partial charge in [0.2, 0.25) is 5.91 Å². The van der Waals surface area contributed by atoms with Gasteiger partial charge in [-0.05, 0) is 44.5 Å². The number of furan rings is 1. The van der Waals surface area contributed by atoms with E-state index in [-0.39, 0.29) is 13.1 Å². The van der Waals surface area contributed by atoms with Gasteiger partial charge < -0.3 is 20.2 Å². The molecule has 1 atom stereocenters. The minimum Gasteiger partial charge on any atom is -0.466 e. The van der Waals surface area contributed by atoms with Crippen molar-refractivity contribution in [2.75, 3.05) is 13.1 Å². The average Bonchev–Trinajstić information content (AvgIpc) is 2.89. The second-order valence-corrected chi connectivity index (χ2v) is 6.07. The summed E-state index contributed by atoms with van der Waals surface area (Å²) in [5, 5.41) is 15.4. The summed E-state index contributed by atoms with van der Waals surface area (Å²) in [6.45, 7) is 4.60. The molecule has 6 nitrogen and oxygen atoms in total. The van der Waals surface area contributed by atoms with Gasteiger partial charge in [0.25, 0.3) is 5.91 Å². The molecule has 1 heterocycles. The molecule has 0 bridgehead atoms. The number of hydrogen-bond acceptors (Lipinski definition) is 4. The van der Waals surface area contributed by atoms with Crippen LogP contribution < -0.4 is 10.6 Å². The van der Waals surface area contributed by atoms with E-state index in [1.165, 1.54) is 31.2 Å². The highest BCUT2D eigenvalue weighted by molar-refractivity contribution is 5.97. The van der Waals surface area contributed by atoms with Crippen LogP contribution >= 0.6 is 0 Å². The van der Waals surface area contributed by atoms with Gasteiger partial charge in [-0.25, -0.2) is 4.39 Å². The molecular formula is C18H21FN2O4. The van der Waals surface area contributed by atoms with Crippen molar-refractivity contribution in [3.05, 3.63) is 58.8 Å². The lowest BCUT2D eigenvalue weighted by molar-refractivity contribution is -0.121. The molecule has 1 aromatic carbocycles. The highest BCUT2D eigenvalue weighted by Crippen LogP contribution is 2.19. The van der Waals surface area contributed by atoms with Crippen LogP contribution in [-0.2, 0) is 10.4 Å². The van der Waals surface area contributed by atoms with E-state index in [9.17, 15) is 19.1 Å². The van der Waals surface area contributed by atoms with Crippen LogP contribution in [0.4, 0.5) is 4.39 Å². The molecule has 0 saturated heterocycles. The number of rotatable bonds is 6. The number of aliphatic hydroxyl groups is 1. The number of nitrogens with one attached hydrogen (secondary N) is 2. The van der Waals surface area contributed by atoms with Gasteiger partial charge in [-0.2, -0.15) is 0 Å². The van der Waals surface area contributed by atoms with Crippen molar-refractivity contribution >= 4 is 11.8 Å². The Balaban J connectivity index is 1.85. The van der Waals surface area contributed by atoms with Crippen LogP contribution in [0.2, 0.25) is 0 Å². The van der Waals surface area contributed by atoms with E-state index in [1.54, 1.807) is 19.9 Å². The van der Waals surface area contributed by atoms with Crippen LogP contribution in [0.15, 0.2) is 34.7 Å². The molecule has 2 amide bonds. The molecule has 0 aliphatic rings. The van der Waals surface area contributed by atoms with E-state index in [1.807, 2.05) is 0 Å². The number of carbonyl (C=O) groups excluding carboxylic acids is 2. The molecule has 3 N–H and O–H groups in total. The minimum absolute atomic E-state index is 0.0722. The summed E-state index contributed by atoms with van der Waals surface area (Å²) in [7, 11) is 0. The summed E-state index contributed by atoms with van der Waals surface area (Å²) in [6, 6.07) is 6.98. The SMILES string of the molecule is Cc1cc(C(=O)NCC(=O)NC[C@](C)(O)c2ccc(F)cc2)c(C)o1. The summed E-state index contributed by atoms with van der Waals surface area (Å²) in [5.74, 6) is -0.170. The molecule has 0 fully saturated rings. The predicted octanol–water partition coefficient (Wildman–Crippen LogP) is 1.79. The molecule has 2 aromatic rings. The molecule has 0 radical (unpaired) electrons. The zero-order valence-corrected chi connectivity index (χ0v) is 14.4. The van der Waals surface area contributed by atoms with E-state index in [4.69, 9.17) is 4.42 Å². The Labute approximate surface area is 145 Å². The first-order valence-corrected chi connectivity index (χ1v) is 7.79. The van der Waals surface area contributed by atoms with Crippen LogP contribution in [0, 0.1) is 19.7 Å². The van der Waals surface area contributed by atoms with Gasteiger partial charge in [0.05, 0.1) is 18.7 Å². The van der Waals surface area contributed by atoms with Gasteiger partial charge in [-0.1, -0.05) is 12.1 Å². The van der Waals surface area contributed by atoms with Gasteiger partial charge in [0.15, 0.2) is 0 Å². The molecule has 2 rings (SSSR count). The van der Waals surface area contributed by atoms with Crippen LogP contribution in [0.3, 0.4) is 0 Å². The van der Waals surface area contributed by atoms with Crippen molar-refractivity contribution in [1.29, 1.82) is 0 Å². The largest absolute Gasteiger partial charge is 0.466 e. The highest BCUT2D eigenvalue weighted by Gasteiger charge is 2.24. The monoisotopic (exact) mass is 348 g/mol. The summed E-state index contributed by atoms with van der Waals surface area (Å²) >= 11 is 0. The van der Waals surface area contributed by atoms with Gasteiger partial charge in [-0.15, -0.1) is 0 Å². The summed E-state index contributed by atoms with van der Waals surface area (Å²) in [5.41, 5.74) is -0.502. The summed E-state index contributed by atoms with van der Waals surface area (Å²) in [6.07, 6.45) is 0. The first-order chi connectivity index (χ1) is 11.7. The normalized spacial score (nSPS) is 13.2. The smallest absolute Gasteiger partial charge is 0.255 e. The standard InChI is InChI=1S/C18H21FN2O4/c1-11-8-15(12(2)25-11)17(23)20-9-16(22)21-10-18(3,24)13-4-6-14(19)7-5-13/h4-8,24H,9-10H2,1-3H3,(H,20,23)(H,21,22)/t18-/m0/s1. The van der Waals surface area contributed by atoms with E-state index in [0.29, 0.717) is 22.6 Å². The van der Waals surface area contributed by atoms with Crippen molar-refractivity contribution in [1.82, 2.24) is 10.6 Å². The first kappa shape index (κ1) is 18.7. The molecular weight excluding hydrogens is 327 g/mol. The lowest BCUT2D eigenvalue weighted by atomic mass is 9.96. The number of aryl methyl sites for hydroxylation is 2. The number of benzene rings is 1. The van der Waals surface area contributed by atoms with E-state index < -0.39 is 23.2 Å². The Hall–Kier alpha value is -2.67. The van der Waals surface area contributed by atoms with Gasteiger partial charge in [-0.3, -0.25) is 9.59 Å². The topological polar surface area (TPSA) is 91.6 Å². The van der Waals surface area contributed by atoms with E-state index in [0.717, 1.165) is 0 Å². The molecule has 7 heteroatoms. The second kappa shape index (κ2) is 7.48. The van der Waals surface area contributed by atoms with Crippen LogP contribution in [0.1, 0.15) is 34.4 Å². The van der Waals surface area contributed by atoms with E-state index >= 15 is 0 Å². The first-order valence-electron chi connectivity index (χ1n) is 7.79. The third-order valence-corrected chi connectivity index (χ3v) is 3.79. The van der Waals surface area contributed by atoms with Crippen LogP contribution in [0.25, 0.3) is 0 Å². The van der Waals surface area contributed by atoms with Crippen molar-refractivity contribution < 1.29 is 23.5 Å². The van der Waals surface area contributed by atoms with Crippen LogP contribution in [0.5, 0.6) is 0 Å². The summed E-state index contributed by atoms with van der Waals surface area (Å²) in [4.78, 5) is 23.9. The molecule has 0 saturated carbocycles. The second-order valence-electron chi connectivity index (χ2n) is 6.07. The Kier molecular flexibility index (Phi) is 5.58. The fourth-order valence-electron chi connectivity index (χ4n) is 2.36. The van der Waals surface area contributed by atoms with Gasteiger partial charge >= 0.3 is 0 Å². The quantitative estimate of drug-likeness (QED) is 0.742. The minimum atomic E-state index is -1.36. The zero-order valence-electron chi connectivity index (χ0n) is 14.4. The molecule has 0 aliphatic heterocycles. The number of carbonyl (C=O) groups is 2. The highest BCUT2D eigenvalue weighted by atomic mass is 19.1. The Morgan fingerprint density at radius 2 is 1.84 bits per heavy atom. The zero-order chi connectivity index (χ0) is 18.6. The van der Waals surface area contributed by atoms with Gasteiger partial charge in [0.1, 0.15) is 22.9 Å². The maximum atomic E-state index is 12.9. The number of amides is 2. The maximum Gasteiger partial charge on any atom is 0.255 e. The van der Waals surface area contributed by atoms with E-state index in [2.05, 4.69) is 10.6 Å². The average molecular weight is 348 g/mol.